The van der Waals surface area contributed by atoms with Gasteiger partial charge in [-0.25, -0.2) is 4.98 Å². The van der Waals surface area contributed by atoms with Gasteiger partial charge >= 0.3 is 0 Å². The molecule has 3 N–H and O–H groups in total. The van der Waals surface area contributed by atoms with Gasteiger partial charge < -0.3 is 20.3 Å². The van der Waals surface area contributed by atoms with Gasteiger partial charge in [-0.1, -0.05) is 0 Å². The first-order valence-corrected chi connectivity index (χ1v) is 7.34. The Kier molecular flexibility index (Phi) is 4.25. The Morgan fingerprint density at radius 1 is 1.26 bits per heavy atom. The highest BCUT2D eigenvalue weighted by molar-refractivity contribution is 6.05. The summed E-state index contributed by atoms with van der Waals surface area (Å²) in [5.74, 6) is -0.166. The second-order valence-corrected chi connectivity index (χ2v) is 5.28. The number of nitrogens with one attached hydrogen (secondary N) is 2. The summed E-state index contributed by atoms with van der Waals surface area (Å²) in [5, 5.41) is 11.8. The predicted molar refractivity (Wildman–Crippen MR) is 90.8 cm³/mol. The van der Waals surface area contributed by atoms with Crippen molar-refractivity contribution in [3.63, 3.8) is 0 Å². The zero-order chi connectivity index (χ0) is 16.2. The smallest absolute Gasteiger partial charge is 0.255 e. The third kappa shape index (κ3) is 3.32. The molecule has 1 amide bonds. The van der Waals surface area contributed by atoms with Crippen molar-refractivity contribution < 1.29 is 9.90 Å². The highest BCUT2D eigenvalue weighted by atomic mass is 16.3. The summed E-state index contributed by atoms with van der Waals surface area (Å²) in [4.78, 5) is 21.4. The Morgan fingerprint density at radius 2 is 2.04 bits per heavy atom. The molecule has 0 saturated carbocycles. The number of aromatic nitrogens is 2. The third-order valence-electron chi connectivity index (χ3n) is 3.68. The van der Waals surface area contributed by atoms with E-state index < -0.39 is 0 Å². The van der Waals surface area contributed by atoms with Crippen LogP contribution < -0.4 is 10.2 Å². The monoisotopic (exact) mass is 310 g/mol. The molecular formula is C17H18N4O2. The van der Waals surface area contributed by atoms with Gasteiger partial charge in [-0.15, -0.1) is 0 Å². The van der Waals surface area contributed by atoms with Crippen molar-refractivity contribution >= 4 is 28.3 Å². The molecule has 0 aliphatic carbocycles. The topological polar surface area (TPSA) is 81.2 Å². The van der Waals surface area contributed by atoms with Crippen LogP contribution in [0.5, 0.6) is 0 Å². The minimum atomic E-state index is -0.166. The molecule has 0 spiro atoms. The Morgan fingerprint density at radius 3 is 2.78 bits per heavy atom. The Balaban J connectivity index is 1.72. The normalized spacial score (nSPS) is 10.7. The van der Waals surface area contributed by atoms with Crippen LogP contribution in [-0.2, 0) is 0 Å². The molecule has 1 aromatic heterocycles. The molecule has 0 aliphatic heterocycles. The fourth-order valence-electron chi connectivity index (χ4n) is 2.36. The van der Waals surface area contributed by atoms with E-state index in [1.54, 1.807) is 18.5 Å². The molecule has 0 aliphatic rings. The van der Waals surface area contributed by atoms with Crippen LogP contribution in [0, 0.1) is 0 Å². The Bertz CT molecular complexity index is 811. The summed E-state index contributed by atoms with van der Waals surface area (Å²) in [6, 6.07) is 12.8. The molecule has 2 aromatic carbocycles. The van der Waals surface area contributed by atoms with Crippen molar-refractivity contribution in [2.45, 2.75) is 0 Å². The van der Waals surface area contributed by atoms with E-state index >= 15 is 0 Å². The summed E-state index contributed by atoms with van der Waals surface area (Å²) in [6.45, 7) is 0.643. The van der Waals surface area contributed by atoms with Crippen LogP contribution in [0.1, 0.15) is 10.4 Å². The van der Waals surface area contributed by atoms with Crippen molar-refractivity contribution in [1.29, 1.82) is 0 Å². The minimum Gasteiger partial charge on any atom is -0.395 e. The molecule has 1 heterocycles. The lowest BCUT2D eigenvalue weighted by Gasteiger charge is -2.18. The molecule has 0 atom stereocenters. The van der Waals surface area contributed by atoms with Gasteiger partial charge in [-0.2, -0.15) is 0 Å². The molecule has 0 radical (unpaired) electrons. The number of nitrogens with zero attached hydrogens (tertiary/aromatic N) is 2. The van der Waals surface area contributed by atoms with Gasteiger partial charge in [0.05, 0.1) is 24.0 Å². The molecule has 3 rings (SSSR count). The fraction of sp³-hybridized carbons (Fsp3) is 0.176. The highest BCUT2D eigenvalue weighted by Gasteiger charge is 2.08. The number of anilines is 2. The maximum atomic E-state index is 12.3. The van der Waals surface area contributed by atoms with Crippen LogP contribution in [-0.4, -0.2) is 41.2 Å². The lowest BCUT2D eigenvalue weighted by Crippen LogP contribution is -2.21. The van der Waals surface area contributed by atoms with Crippen molar-refractivity contribution in [3.05, 3.63) is 54.4 Å². The predicted octanol–water partition coefficient (Wildman–Crippen LogP) is 2.24. The van der Waals surface area contributed by atoms with Gasteiger partial charge in [0.2, 0.25) is 0 Å². The number of carbonyl (C=O) groups excluding carboxylic acids is 1. The van der Waals surface area contributed by atoms with Crippen LogP contribution in [0.25, 0.3) is 11.0 Å². The molecular weight excluding hydrogens is 292 g/mol. The average molecular weight is 310 g/mol. The quantitative estimate of drug-likeness (QED) is 0.675. The van der Waals surface area contributed by atoms with Gasteiger partial charge in [0.25, 0.3) is 5.91 Å². The summed E-state index contributed by atoms with van der Waals surface area (Å²) >= 11 is 0. The number of amides is 1. The van der Waals surface area contributed by atoms with Gasteiger partial charge in [-0.05, 0) is 42.5 Å². The number of fused-ring (bicyclic) bond motifs is 1. The summed E-state index contributed by atoms with van der Waals surface area (Å²) in [7, 11) is 1.89. The average Bonchev–Trinajstić information content (AvgIpc) is 3.03. The van der Waals surface area contributed by atoms with E-state index in [4.69, 9.17) is 5.11 Å². The molecule has 6 heteroatoms. The lowest BCUT2D eigenvalue weighted by atomic mass is 10.1. The van der Waals surface area contributed by atoms with E-state index in [2.05, 4.69) is 15.3 Å². The number of hydrogen-bond acceptors (Lipinski definition) is 4. The van der Waals surface area contributed by atoms with E-state index in [0.717, 1.165) is 16.7 Å². The molecule has 118 valence electrons. The van der Waals surface area contributed by atoms with Gasteiger partial charge in [0, 0.05) is 30.5 Å². The largest absolute Gasteiger partial charge is 0.395 e. The minimum absolute atomic E-state index is 0.0921. The zero-order valence-electron chi connectivity index (χ0n) is 12.8. The van der Waals surface area contributed by atoms with Crippen molar-refractivity contribution in [2.24, 2.45) is 0 Å². The van der Waals surface area contributed by atoms with E-state index in [1.807, 2.05) is 42.3 Å². The van der Waals surface area contributed by atoms with Gasteiger partial charge in [-0.3, -0.25) is 4.79 Å². The summed E-state index contributed by atoms with van der Waals surface area (Å²) < 4.78 is 0. The second kappa shape index (κ2) is 6.50. The zero-order valence-corrected chi connectivity index (χ0v) is 12.8. The molecule has 0 bridgehead atoms. The number of carbonyl (C=O) groups is 1. The first-order valence-electron chi connectivity index (χ1n) is 7.34. The van der Waals surface area contributed by atoms with Crippen LogP contribution in [0.15, 0.2) is 48.8 Å². The number of rotatable bonds is 5. The van der Waals surface area contributed by atoms with E-state index in [1.165, 1.54) is 0 Å². The summed E-state index contributed by atoms with van der Waals surface area (Å²) in [5.41, 5.74) is 3.99. The molecule has 23 heavy (non-hydrogen) atoms. The summed E-state index contributed by atoms with van der Waals surface area (Å²) in [6.07, 6.45) is 1.62. The molecule has 6 nitrogen and oxygen atoms in total. The Hall–Kier alpha value is -2.86. The lowest BCUT2D eigenvalue weighted by molar-refractivity contribution is 0.102. The van der Waals surface area contributed by atoms with Crippen molar-refractivity contribution in [3.8, 4) is 0 Å². The first-order chi connectivity index (χ1) is 11.2. The number of aromatic amines is 1. The number of benzene rings is 2. The maximum absolute atomic E-state index is 12.3. The number of aliphatic hydroxyl groups excluding tert-OH is 1. The third-order valence-corrected chi connectivity index (χ3v) is 3.68. The van der Waals surface area contributed by atoms with Crippen LogP contribution >= 0.6 is 0 Å². The molecule has 0 unspecified atom stereocenters. The SMILES string of the molecule is CN(CCO)c1ccc(C(=O)Nc2ccc3nc[nH]c3c2)cc1. The highest BCUT2D eigenvalue weighted by Crippen LogP contribution is 2.18. The van der Waals surface area contributed by atoms with Crippen molar-refractivity contribution in [2.75, 3.05) is 30.4 Å². The van der Waals surface area contributed by atoms with E-state index in [9.17, 15) is 4.79 Å². The van der Waals surface area contributed by atoms with E-state index in [-0.39, 0.29) is 12.5 Å². The van der Waals surface area contributed by atoms with Gasteiger partial charge in [0.1, 0.15) is 0 Å². The van der Waals surface area contributed by atoms with Crippen molar-refractivity contribution in [1.82, 2.24) is 9.97 Å². The standard InChI is InChI=1S/C17H18N4O2/c1-21(8-9-22)14-5-2-12(3-6-14)17(23)20-13-4-7-15-16(10-13)19-11-18-15/h2-7,10-11,22H,8-9H2,1H3,(H,18,19)(H,20,23). The molecule has 0 saturated heterocycles. The molecule has 0 fully saturated rings. The Labute approximate surface area is 133 Å². The number of imidazole rings is 1. The molecule has 3 aromatic rings. The number of H-pyrrole nitrogens is 1. The van der Waals surface area contributed by atoms with Crippen LogP contribution in [0.3, 0.4) is 0 Å². The fourth-order valence-corrected chi connectivity index (χ4v) is 2.36. The first kappa shape index (κ1) is 15.1. The maximum Gasteiger partial charge on any atom is 0.255 e. The van der Waals surface area contributed by atoms with Gasteiger partial charge in [0.15, 0.2) is 0 Å². The second-order valence-electron chi connectivity index (χ2n) is 5.28. The number of hydrogen-bond donors (Lipinski definition) is 3. The van der Waals surface area contributed by atoms with Crippen LogP contribution in [0.2, 0.25) is 0 Å². The number of likely N-dealkylation sites (N-methyl/N-ethyl adjacent to an activating group) is 1. The van der Waals surface area contributed by atoms with Crippen LogP contribution in [0.4, 0.5) is 11.4 Å². The number of aliphatic hydroxyl groups is 1. The van der Waals surface area contributed by atoms with E-state index in [0.29, 0.717) is 17.8 Å².